The highest BCUT2D eigenvalue weighted by Gasteiger charge is 2.34. The molecule has 1 N–H and O–H groups in total. The average molecular weight is 273 g/mol. The Morgan fingerprint density at radius 2 is 1.74 bits per heavy atom. The largest absolute Gasteiger partial charge is 0.484 e. The first-order chi connectivity index (χ1) is 8.53. The summed E-state index contributed by atoms with van der Waals surface area (Å²) in [6.45, 7) is 11.0. The topological polar surface area (TPSA) is 68.6 Å². The van der Waals surface area contributed by atoms with E-state index in [-0.39, 0.29) is 18.4 Å². The van der Waals surface area contributed by atoms with Gasteiger partial charge in [-0.05, 0) is 41.0 Å². The fourth-order valence-electron chi connectivity index (χ4n) is 1.31. The summed E-state index contributed by atoms with van der Waals surface area (Å²) in [6, 6.07) is 0. The van der Waals surface area contributed by atoms with Crippen LogP contribution in [0.5, 0.6) is 0 Å². The highest BCUT2D eigenvalue weighted by atomic mass is 16.6. The molecule has 1 atom stereocenters. The molecule has 0 aliphatic heterocycles. The number of hydrogen-bond acceptors (Lipinski definition) is 5. The molecule has 0 heterocycles. The maximum absolute atomic E-state index is 12.0. The molecule has 112 valence electrons. The van der Waals surface area contributed by atoms with Gasteiger partial charge in [0.25, 0.3) is 0 Å². The van der Waals surface area contributed by atoms with Gasteiger partial charge >= 0.3 is 5.97 Å². The lowest BCUT2D eigenvalue weighted by Gasteiger charge is -2.29. The van der Waals surface area contributed by atoms with Crippen molar-refractivity contribution in [2.24, 2.45) is 5.92 Å². The van der Waals surface area contributed by atoms with E-state index in [9.17, 15) is 4.79 Å². The van der Waals surface area contributed by atoms with E-state index in [1.165, 1.54) is 7.11 Å². The van der Waals surface area contributed by atoms with Gasteiger partial charge in [0.2, 0.25) is 0 Å². The van der Waals surface area contributed by atoms with Gasteiger partial charge < -0.3 is 14.2 Å². The third kappa shape index (κ3) is 6.57. The SMILES string of the molecule is CCC(COC(C)(C)C(=O)OC(C)(C)C)C(=N)OC. The van der Waals surface area contributed by atoms with Gasteiger partial charge in [-0.1, -0.05) is 6.92 Å². The van der Waals surface area contributed by atoms with Gasteiger partial charge in [0.05, 0.1) is 19.6 Å². The molecular weight excluding hydrogens is 246 g/mol. The van der Waals surface area contributed by atoms with E-state index in [0.29, 0.717) is 0 Å². The smallest absolute Gasteiger partial charge is 0.338 e. The Hall–Kier alpha value is -1.10. The van der Waals surface area contributed by atoms with Crippen LogP contribution < -0.4 is 0 Å². The van der Waals surface area contributed by atoms with Crippen molar-refractivity contribution >= 4 is 11.9 Å². The molecule has 0 aliphatic carbocycles. The van der Waals surface area contributed by atoms with Crippen molar-refractivity contribution in [1.82, 2.24) is 0 Å². The Labute approximate surface area is 116 Å². The third-order valence-corrected chi connectivity index (χ3v) is 2.62. The van der Waals surface area contributed by atoms with E-state index in [1.807, 2.05) is 27.7 Å². The van der Waals surface area contributed by atoms with Crippen molar-refractivity contribution in [2.75, 3.05) is 13.7 Å². The highest BCUT2D eigenvalue weighted by molar-refractivity contribution is 5.79. The van der Waals surface area contributed by atoms with Gasteiger partial charge in [-0.15, -0.1) is 0 Å². The van der Waals surface area contributed by atoms with E-state index in [1.54, 1.807) is 13.8 Å². The van der Waals surface area contributed by atoms with Crippen LogP contribution in [0.25, 0.3) is 0 Å². The van der Waals surface area contributed by atoms with Gasteiger partial charge in [-0.2, -0.15) is 0 Å². The van der Waals surface area contributed by atoms with Crippen LogP contribution >= 0.6 is 0 Å². The summed E-state index contributed by atoms with van der Waals surface area (Å²) in [5.74, 6) is -0.381. The maximum Gasteiger partial charge on any atom is 0.338 e. The first-order valence-corrected chi connectivity index (χ1v) is 6.53. The first-order valence-electron chi connectivity index (χ1n) is 6.53. The van der Waals surface area contributed by atoms with Crippen molar-refractivity contribution in [3.8, 4) is 0 Å². The molecule has 0 bridgehead atoms. The van der Waals surface area contributed by atoms with E-state index in [4.69, 9.17) is 19.6 Å². The lowest BCUT2D eigenvalue weighted by Crippen LogP contribution is -2.42. The normalized spacial score (nSPS) is 13.8. The molecule has 19 heavy (non-hydrogen) atoms. The van der Waals surface area contributed by atoms with Crippen LogP contribution in [0.1, 0.15) is 48.0 Å². The number of rotatable bonds is 6. The molecule has 0 spiro atoms. The fraction of sp³-hybridized carbons (Fsp3) is 0.857. The fourth-order valence-corrected chi connectivity index (χ4v) is 1.31. The Morgan fingerprint density at radius 1 is 1.21 bits per heavy atom. The van der Waals surface area contributed by atoms with Gasteiger partial charge in [-0.25, -0.2) is 4.79 Å². The summed E-state index contributed by atoms with van der Waals surface area (Å²) in [7, 11) is 1.46. The maximum atomic E-state index is 12.0. The van der Waals surface area contributed by atoms with E-state index < -0.39 is 17.2 Å². The molecule has 0 aromatic rings. The third-order valence-electron chi connectivity index (χ3n) is 2.62. The van der Waals surface area contributed by atoms with Crippen LogP contribution in [0.3, 0.4) is 0 Å². The van der Waals surface area contributed by atoms with Crippen molar-refractivity contribution in [3.05, 3.63) is 0 Å². The van der Waals surface area contributed by atoms with Gasteiger partial charge in [0.1, 0.15) is 5.60 Å². The molecule has 0 saturated carbocycles. The Bertz CT molecular complexity index is 318. The minimum atomic E-state index is -1.03. The summed E-state index contributed by atoms with van der Waals surface area (Å²) in [5.41, 5.74) is -1.57. The Kier molecular flexibility index (Phi) is 6.49. The van der Waals surface area contributed by atoms with Gasteiger partial charge in [0.15, 0.2) is 11.5 Å². The van der Waals surface area contributed by atoms with Crippen molar-refractivity contribution in [2.45, 2.75) is 59.2 Å². The minimum Gasteiger partial charge on any atom is -0.484 e. The van der Waals surface area contributed by atoms with Crippen LogP contribution in [0.2, 0.25) is 0 Å². The number of hydrogen-bond donors (Lipinski definition) is 1. The van der Waals surface area contributed by atoms with Crippen LogP contribution in [0.4, 0.5) is 0 Å². The molecule has 0 saturated heterocycles. The zero-order valence-corrected chi connectivity index (χ0v) is 13.1. The average Bonchev–Trinajstić information content (AvgIpc) is 2.26. The lowest BCUT2D eigenvalue weighted by molar-refractivity contribution is -0.180. The van der Waals surface area contributed by atoms with Crippen LogP contribution in [0, 0.1) is 11.3 Å². The second-order valence-corrected chi connectivity index (χ2v) is 6.00. The molecule has 0 amide bonds. The molecule has 5 nitrogen and oxygen atoms in total. The second-order valence-electron chi connectivity index (χ2n) is 6.00. The van der Waals surface area contributed by atoms with E-state index >= 15 is 0 Å². The molecule has 0 aromatic heterocycles. The zero-order chi connectivity index (χ0) is 15.3. The number of carbonyl (C=O) groups is 1. The predicted molar refractivity (Wildman–Crippen MR) is 74.4 cm³/mol. The van der Waals surface area contributed by atoms with Crippen LogP contribution in [-0.2, 0) is 19.0 Å². The highest BCUT2D eigenvalue weighted by Crippen LogP contribution is 2.19. The van der Waals surface area contributed by atoms with Crippen molar-refractivity contribution < 1.29 is 19.0 Å². The minimum absolute atomic E-state index is 0.147. The summed E-state index contributed by atoms with van der Waals surface area (Å²) in [6.07, 6.45) is 0.719. The van der Waals surface area contributed by atoms with Crippen LogP contribution in [0.15, 0.2) is 0 Å². The second kappa shape index (κ2) is 6.89. The number of nitrogens with one attached hydrogen (secondary N) is 1. The predicted octanol–water partition coefficient (Wildman–Crippen LogP) is 2.77. The lowest BCUT2D eigenvalue weighted by atomic mass is 10.1. The molecule has 0 aliphatic rings. The molecular formula is C14H27NO4. The van der Waals surface area contributed by atoms with Crippen molar-refractivity contribution in [3.63, 3.8) is 0 Å². The molecule has 1 unspecified atom stereocenters. The monoisotopic (exact) mass is 273 g/mol. The Morgan fingerprint density at radius 3 is 2.11 bits per heavy atom. The Balaban J connectivity index is 4.52. The van der Waals surface area contributed by atoms with Crippen LogP contribution in [-0.4, -0.2) is 36.8 Å². The standard InChI is InChI=1S/C14H27NO4/c1-8-10(11(15)17-7)9-18-14(5,6)12(16)19-13(2,3)4/h10,15H,8-9H2,1-7H3. The molecule has 0 rings (SSSR count). The van der Waals surface area contributed by atoms with E-state index in [2.05, 4.69) is 0 Å². The first kappa shape index (κ1) is 17.9. The summed E-state index contributed by atoms with van der Waals surface area (Å²) in [5, 5.41) is 7.64. The van der Waals surface area contributed by atoms with Crippen molar-refractivity contribution in [1.29, 1.82) is 5.41 Å². The summed E-state index contributed by atoms with van der Waals surface area (Å²) >= 11 is 0. The summed E-state index contributed by atoms with van der Waals surface area (Å²) < 4.78 is 15.8. The van der Waals surface area contributed by atoms with Gasteiger partial charge in [0, 0.05) is 0 Å². The van der Waals surface area contributed by atoms with Gasteiger partial charge in [-0.3, -0.25) is 5.41 Å². The zero-order valence-electron chi connectivity index (χ0n) is 13.1. The molecule has 0 aromatic carbocycles. The molecule has 5 heteroatoms. The number of esters is 1. The van der Waals surface area contributed by atoms with E-state index in [0.717, 1.165) is 6.42 Å². The molecule has 0 radical (unpaired) electrons. The quantitative estimate of drug-likeness (QED) is 0.459. The number of methoxy groups -OCH3 is 1. The summed E-state index contributed by atoms with van der Waals surface area (Å²) in [4.78, 5) is 12.0. The number of ether oxygens (including phenoxy) is 3. The molecule has 0 fully saturated rings. The number of carbonyl (C=O) groups excluding carboxylic acids is 1.